The van der Waals surface area contributed by atoms with Crippen molar-refractivity contribution in [2.75, 3.05) is 5.32 Å². The normalized spacial score (nSPS) is 10.8. The van der Waals surface area contributed by atoms with Crippen LogP contribution in [0.1, 0.15) is 12.6 Å². The van der Waals surface area contributed by atoms with Gasteiger partial charge in [0.25, 0.3) is 0 Å². The molecule has 1 aromatic carbocycles. The van der Waals surface area contributed by atoms with Crippen LogP contribution in [-0.2, 0) is 13.1 Å². The monoisotopic (exact) mass is 252 g/mol. The van der Waals surface area contributed by atoms with Gasteiger partial charge in [-0.1, -0.05) is 6.07 Å². The highest BCUT2D eigenvalue weighted by Crippen LogP contribution is 2.21. The SMILES string of the molecule is CCn1nccc1CNc1cccc2ncccc12. The Morgan fingerprint density at radius 1 is 1.11 bits per heavy atom. The summed E-state index contributed by atoms with van der Waals surface area (Å²) in [5.41, 5.74) is 3.30. The molecule has 0 unspecified atom stereocenters. The summed E-state index contributed by atoms with van der Waals surface area (Å²) < 4.78 is 2.00. The van der Waals surface area contributed by atoms with Crippen molar-refractivity contribution in [2.45, 2.75) is 20.0 Å². The van der Waals surface area contributed by atoms with Crippen LogP contribution in [-0.4, -0.2) is 14.8 Å². The summed E-state index contributed by atoms with van der Waals surface area (Å²) in [7, 11) is 0. The standard InChI is InChI=1S/C15H16N4/c1-2-19-12(8-10-18-19)11-17-15-7-3-6-14-13(15)5-4-9-16-14/h3-10,17H,2,11H2,1H3. The number of rotatable bonds is 4. The lowest BCUT2D eigenvalue weighted by atomic mass is 10.2. The van der Waals surface area contributed by atoms with Crippen molar-refractivity contribution >= 4 is 16.6 Å². The fraction of sp³-hybridized carbons (Fsp3) is 0.200. The lowest BCUT2D eigenvalue weighted by molar-refractivity contribution is 0.628. The largest absolute Gasteiger partial charge is 0.379 e. The van der Waals surface area contributed by atoms with Crippen molar-refractivity contribution in [3.63, 3.8) is 0 Å². The Kier molecular flexibility index (Phi) is 3.14. The Morgan fingerprint density at radius 3 is 2.95 bits per heavy atom. The fourth-order valence-corrected chi connectivity index (χ4v) is 2.24. The minimum absolute atomic E-state index is 0.766. The van der Waals surface area contributed by atoms with Gasteiger partial charge in [0, 0.05) is 30.0 Å². The quantitative estimate of drug-likeness (QED) is 0.776. The van der Waals surface area contributed by atoms with Gasteiger partial charge in [0.1, 0.15) is 0 Å². The average Bonchev–Trinajstić information content (AvgIpc) is 2.92. The predicted octanol–water partition coefficient (Wildman–Crippen LogP) is 3.06. The molecule has 4 heteroatoms. The number of anilines is 1. The summed E-state index contributed by atoms with van der Waals surface area (Å²) in [6, 6.07) is 12.2. The third kappa shape index (κ3) is 2.29. The molecule has 19 heavy (non-hydrogen) atoms. The molecule has 0 aliphatic heterocycles. The zero-order valence-corrected chi connectivity index (χ0v) is 10.9. The van der Waals surface area contributed by atoms with Gasteiger partial charge < -0.3 is 5.32 Å². The topological polar surface area (TPSA) is 42.7 Å². The predicted molar refractivity (Wildman–Crippen MR) is 77.0 cm³/mol. The van der Waals surface area contributed by atoms with E-state index in [4.69, 9.17) is 0 Å². The van der Waals surface area contributed by atoms with Crippen LogP contribution in [0, 0.1) is 0 Å². The highest BCUT2D eigenvalue weighted by molar-refractivity contribution is 5.91. The van der Waals surface area contributed by atoms with E-state index in [0.29, 0.717) is 0 Å². The summed E-state index contributed by atoms with van der Waals surface area (Å²) in [6.07, 6.45) is 3.66. The molecule has 96 valence electrons. The number of hydrogen-bond donors (Lipinski definition) is 1. The molecule has 0 saturated heterocycles. The molecule has 0 fully saturated rings. The third-order valence-electron chi connectivity index (χ3n) is 3.21. The molecule has 2 heterocycles. The maximum Gasteiger partial charge on any atom is 0.0722 e. The van der Waals surface area contributed by atoms with Gasteiger partial charge in [0.2, 0.25) is 0 Å². The van der Waals surface area contributed by atoms with Gasteiger partial charge in [-0.05, 0) is 37.3 Å². The van der Waals surface area contributed by atoms with E-state index in [9.17, 15) is 0 Å². The average molecular weight is 252 g/mol. The number of fused-ring (bicyclic) bond motifs is 1. The molecule has 0 spiro atoms. The van der Waals surface area contributed by atoms with Crippen LogP contribution in [0.15, 0.2) is 48.8 Å². The van der Waals surface area contributed by atoms with E-state index in [1.54, 1.807) is 0 Å². The molecule has 2 aromatic heterocycles. The minimum Gasteiger partial charge on any atom is -0.379 e. The summed E-state index contributed by atoms with van der Waals surface area (Å²) in [5.74, 6) is 0. The van der Waals surface area contributed by atoms with E-state index in [1.807, 2.05) is 41.3 Å². The summed E-state index contributed by atoms with van der Waals surface area (Å²) in [4.78, 5) is 4.36. The van der Waals surface area contributed by atoms with Crippen LogP contribution in [0.4, 0.5) is 5.69 Å². The van der Waals surface area contributed by atoms with Crippen LogP contribution >= 0.6 is 0 Å². The van der Waals surface area contributed by atoms with Gasteiger partial charge >= 0.3 is 0 Å². The van der Waals surface area contributed by atoms with Crippen molar-refractivity contribution in [2.24, 2.45) is 0 Å². The fourth-order valence-electron chi connectivity index (χ4n) is 2.24. The van der Waals surface area contributed by atoms with Crippen LogP contribution in [0.2, 0.25) is 0 Å². The molecule has 3 aromatic rings. The first kappa shape index (κ1) is 11.7. The minimum atomic E-state index is 0.766. The maximum absolute atomic E-state index is 4.36. The van der Waals surface area contributed by atoms with Crippen LogP contribution in [0.5, 0.6) is 0 Å². The summed E-state index contributed by atoms with van der Waals surface area (Å²) in [5, 5.41) is 8.88. The Bertz CT molecular complexity index is 682. The lowest BCUT2D eigenvalue weighted by Crippen LogP contribution is -2.08. The number of hydrogen-bond acceptors (Lipinski definition) is 3. The van der Waals surface area contributed by atoms with Crippen molar-refractivity contribution in [3.05, 3.63) is 54.5 Å². The number of pyridine rings is 1. The molecule has 1 N–H and O–H groups in total. The second-order valence-electron chi connectivity index (χ2n) is 4.37. The van der Waals surface area contributed by atoms with E-state index in [1.165, 1.54) is 5.69 Å². The number of aryl methyl sites for hydroxylation is 1. The Hall–Kier alpha value is -2.36. The number of benzene rings is 1. The second kappa shape index (κ2) is 5.10. The van der Waals surface area contributed by atoms with Crippen molar-refractivity contribution in [1.29, 1.82) is 0 Å². The number of aromatic nitrogens is 3. The van der Waals surface area contributed by atoms with Crippen molar-refractivity contribution < 1.29 is 0 Å². The van der Waals surface area contributed by atoms with Gasteiger partial charge in [0.15, 0.2) is 0 Å². The molecule has 0 saturated carbocycles. The zero-order chi connectivity index (χ0) is 13.1. The first-order valence-electron chi connectivity index (χ1n) is 6.47. The lowest BCUT2D eigenvalue weighted by Gasteiger charge is -2.10. The van der Waals surface area contributed by atoms with E-state index in [2.05, 4.69) is 34.5 Å². The molecular formula is C15H16N4. The van der Waals surface area contributed by atoms with E-state index in [-0.39, 0.29) is 0 Å². The smallest absolute Gasteiger partial charge is 0.0722 e. The van der Waals surface area contributed by atoms with Crippen LogP contribution < -0.4 is 5.32 Å². The highest BCUT2D eigenvalue weighted by atomic mass is 15.3. The Balaban J connectivity index is 1.86. The first-order chi connectivity index (χ1) is 9.38. The molecule has 0 amide bonds. The molecule has 0 aliphatic rings. The zero-order valence-electron chi connectivity index (χ0n) is 10.9. The molecule has 0 radical (unpaired) electrons. The molecule has 0 bridgehead atoms. The number of nitrogens with one attached hydrogen (secondary N) is 1. The Morgan fingerprint density at radius 2 is 2.05 bits per heavy atom. The molecular weight excluding hydrogens is 236 g/mol. The van der Waals surface area contributed by atoms with Crippen LogP contribution in [0.3, 0.4) is 0 Å². The highest BCUT2D eigenvalue weighted by Gasteiger charge is 2.03. The number of nitrogens with zero attached hydrogens (tertiary/aromatic N) is 3. The van der Waals surface area contributed by atoms with Crippen molar-refractivity contribution in [3.8, 4) is 0 Å². The van der Waals surface area contributed by atoms with E-state index in [0.717, 1.165) is 29.7 Å². The molecule has 3 rings (SSSR count). The van der Waals surface area contributed by atoms with Gasteiger partial charge in [-0.25, -0.2) is 0 Å². The van der Waals surface area contributed by atoms with Gasteiger partial charge in [-0.15, -0.1) is 0 Å². The summed E-state index contributed by atoms with van der Waals surface area (Å²) >= 11 is 0. The second-order valence-corrected chi connectivity index (χ2v) is 4.37. The molecule has 4 nitrogen and oxygen atoms in total. The van der Waals surface area contributed by atoms with E-state index < -0.39 is 0 Å². The molecule has 0 aliphatic carbocycles. The molecule has 0 atom stereocenters. The first-order valence-corrected chi connectivity index (χ1v) is 6.47. The van der Waals surface area contributed by atoms with Crippen LogP contribution in [0.25, 0.3) is 10.9 Å². The summed E-state index contributed by atoms with van der Waals surface area (Å²) in [6.45, 7) is 3.75. The van der Waals surface area contributed by atoms with Crippen molar-refractivity contribution in [1.82, 2.24) is 14.8 Å². The maximum atomic E-state index is 4.36. The van der Waals surface area contributed by atoms with Gasteiger partial charge in [-0.3, -0.25) is 9.67 Å². The van der Waals surface area contributed by atoms with Gasteiger partial charge in [0.05, 0.1) is 17.8 Å². The van der Waals surface area contributed by atoms with Gasteiger partial charge in [-0.2, -0.15) is 5.10 Å². The Labute approximate surface area is 112 Å². The third-order valence-corrected chi connectivity index (χ3v) is 3.21. The van der Waals surface area contributed by atoms with E-state index >= 15 is 0 Å².